The van der Waals surface area contributed by atoms with Gasteiger partial charge in [0.25, 0.3) is 0 Å². The Labute approximate surface area is 116 Å². The van der Waals surface area contributed by atoms with Gasteiger partial charge in [-0.05, 0) is 23.6 Å². The zero-order valence-corrected chi connectivity index (χ0v) is 11.1. The van der Waals surface area contributed by atoms with E-state index in [9.17, 15) is 14.0 Å². The summed E-state index contributed by atoms with van der Waals surface area (Å²) in [4.78, 5) is 23.7. The fourth-order valence-corrected chi connectivity index (χ4v) is 2.13. The number of benzene rings is 1. The first-order valence-electron chi connectivity index (χ1n) is 6.49. The first-order valence-corrected chi connectivity index (χ1v) is 6.49. The quantitative estimate of drug-likeness (QED) is 0.770. The van der Waals surface area contributed by atoms with Crippen molar-refractivity contribution in [2.24, 2.45) is 5.92 Å². The van der Waals surface area contributed by atoms with Crippen LogP contribution < -0.4 is 10.6 Å². The SMILES string of the molecule is CC(CO)CNC(=O)C1CC(=O)Nc2cc(F)ccc21. The lowest BCUT2D eigenvalue weighted by atomic mass is 9.89. The van der Waals surface area contributed by atoms with E-state index in [1.165, 1.54) is 18.2 Å². The Morgan fingerprint density at radius 3 is 3.05 bits per heavy atom. The van der Waals surface area contributed by atoms with Crippen LogP contribution in [0.4, 0.5) is 10.1 Å². The maximum absolute atomic E-state index is 13.2. The lowest BCUT2D eigenvalue weighted by Crippen LogP contribution is -2.37. The molecule has 2 atom stereocenters. The van der Waals surface area contributed by atoms with Gasteiger partial charge in [-0.25, -0.2) is 4.39 Å². The molecule has 3 N–H and O–H groups in total. The van der Waals surface area contributed by atoms with Crippen LogP contribution in [0.1, 0.15) is 24.8 Å². The molecule has 2 amide bonds. The number of nitrogens with one attached hydrogen (secondary N) is 2. The maximum Gasteiger partial charge on any atom is 0.228 e. The van der Waals surface area contributed by atoms with Crippen molar-refractivity contribution >= 4 is 17.5 Å². The number of carbonyl (C=O) groups excluding carboxylic acids is 2. The van der Waals surface area contributed by atoms with Crippen LogP contribution >= 0.6 is 0 Å². The topological polar surface area (TPSA) is 78.4 Å². The van der Waals surface area contributed by atoms with E-state index in [2.05, 4.69) is 10.6 Å². The Morgan fingerprint density at radius 1 is 1.60 bits per heavy atom. The minimum atomic E-state index is -0.620. The molecule has 0 saturated carbocycles. The molecule has 2 rings (SSSR count). The van der Waals surface area contributed by atoms with Gasteiger partial charge in [0, 0.05) is 25.3 Å². The van der Waals surface area contributed by atoms with Crippen LogP contribution in [0.15, 0.2) is 18.2 Å². The molecule has 2 unspecified atom stereocenters. The molecule has 0 bridgehead atoms. The molecule has 6 heteroatoms. The summed E-state index contributed by atoms with van der Waals surface area (Å²) >= 11 is 0. The van der Waals surface area contributed by atoms with Crippen molar-refractivity contribution in [2.75, 3.05) is 18.5 Å². The Morgan fingerprint density at radius 2 is 2.35 bits per heavy atom. The van der Waals surface area contributed by atoms with Crippen molar-refractivity contribution in [3.05, 3.63) is 29.6 Å². The highest BCUT2D eigenvalue weighted by Gasteiger charge is 2.30. The number of carbonyl (C=O) groups is 2. The third kappa shape index (κ3) is 3.14. The van der Waals surface area contributed by atoms with Crippen molar-refractivity contribution in [2.45, 2.75) is 19.3 Å². The van der Waals surface area contributed by atoms with Gasteiger partial charge >= 0.3 is 0 Å². The summed E-state index contributed by atoms with van der Waals surface area (Å²) in [7, 11) is 0. The average Bonchev–Trinajstić information content (AvgIpc) is 2.42. The van der Waals surface area contributed by atoms with E-state index >= 15 is 0 Å². The van der Waals surface area contributed by atoms with Crippen molar-refractivity contribution in [1.82, 2.24) is 5.32 Å². The largest absolute Gasteiger partial charge is 0.396 e. The van der Waals surface area contributed by atoms with Crippen molar-refractivity contribution in [3.8, 4) is 0 Å². The van der Waals surface area contributed by atoms with Crippen LogP contribution in [-0.2, 0) is 9.59 Å². The number of halogens is 1. The third-order valence-corrected chi connectivity index (χ3v) is 3.31. The predicted octanol–water partition coefficient (Wildman–Crippen LogP) is 0.996. The second-order valence-corrected chi connectivity index (χ2v) is 5.07. The van der Waals surface area contributed by atoms with Gasteiger partial charge in [-0.1, -0.05) is 13.0 Å². The summed E-state index contributed by atoms with van der Waals surface area (Å²) < 4.78 is 13.2. The molecular formula is C14H17FN2O3. The van der Waals surface area contributed by atoms with E-state index in [4.69, 9.17) is 5.11 Å². The lowest BCUT2D eigenvalue weighted by molar-refractivity contribution is -0.126. The summed E-state index contributed by atoms with van der Waals surface area (Å²) in [6, 6.07) is 4.00. The van der Waals surface area contributed by atoms with E-state index in [1.807, 2.05) is 0 Å². The summed E-state index contributed by atoms with van der Waals surface area (Å²) in [6.45, 7) is 2.12. The van der Waals surface area contributed by atoms with Gasteiger partial charge in [0.1, 0.15) is 5.82 Å². The molecule has 1 aromatic rings. The average molecular weight is 280 g/mol. The number of rotatable bonds is 4. The van der Waals surface area contributed by atoms with Crippen LogP contribution in [0, 0.1) is 11.7 Å². The summed E-state index contributed by atoms with van der Waals surface area (Å²) in [5.74, 6) is -1.72. The van der Waals surface area contributed by atoms with Gasteiger partial charge in [-0.2, -0.15) is 0 Å². The van der Waals surface area contributed by atoms with Crippen molar-refractivity contribution in [1.29, 1.82) is 0 Å². The van der Waals surface area contributed by atoms with E-state index in [0.717, 1.165) is 0 Å². The third-order valence-electron chi connectivity index (χ3n) is 3.31. The van der Waals surface area contributed by atoms with Gasteiger partial charge in [-0.3, -0.25) is 9.59 Å². The summed E-state index contributed by atoms with van der Waals surface area (Å²) in [5, 5.41) is 14.2. The molecule has 20 heavy (non-hydrogen) atoms. The minimum Gasteiger partial charge on any atom is -0.396 e. The van der Waals surface area contributed by atoms with Crippen LogP contribution in [0.3, 0.4) is 0 Å². The standard InChI is InChI=1S/C14H17FN2O3/c1-8(7-18)6-16-14(20)11-5-13(19)17-12-4-9(15)2-3-10(11)12/h2-4,8,11,18H,5-7H2,1H3,(H,16,20)(H,17,19). The first-order chi connectivity index (χ1) is 9.51. The Kier molecular flexibility index (Phi) is 4.34. The monoisotopic (exact) mass is 280 g/mol. The van der Waals surface area contributed by atoms with Crippen molar-refractivity contribution < 1.29 is 19.1 Å². The Bertz CT molecular complexity index is 533. The highest BCUT2D eigenvalue weighted by Crippen LogP contribution is 2.32. The number of aliphatic hydroxyl groups excluding tert-OH is 1. The summed E-state index contributed by atoms with van der Waals surface area (Å²) in [6.07, 6.45) is 0.0397. The number of hydrogen-bond acceptors (Lipinski definition) is 3. The normalized spacial score (nSPS) is 18.9. The number of anilines is 1. The molecule has 0 aromatic heterocycles. The van der Waals surface area contributed by atoms with Crippen LogP contribution in [0.25, 0.3) is 0 Å². The van der Waals surface area contributed by atoms with E-state index < -0.39 is 11.7 Å². The van der Waals surface area contributed by atoms with Crippen molar-refractivity contribution in [3.63, 3.8) is 0 Å². The molecule has 1 aliphatic rings. The molecule has 0 radical (unpaired) electrons. The second-order valence-electron chi connectivity index (χ2n) is 5.07. The van der Waals surface area contributed by atoms with Gasteiger partial charge in [0.05, 0.1) is 5.92 Å². The Balaban J connectivity index is 2.16. The van der Waals surface area contributed by atoms with E-state index in [1.54, 1.807) is 6.92 Å². The highest BCUT2D eigenvalue weighted by molar-refractivity contribution is 6.01. The number of fused-ring (bicyclic) bond motifs is 1. The molecule has 0 aliphatic carbocycles. The molecule has 108 valence electrons. The summed E-state index contributed by atoms with van der Waals surface area (Å²) in [5.41, 5.74) is 0.955. The smallest absolute Gasteiger partial charge is 0.228 e. The predicted molar refractivity (Wildman–Crippen MR) is 71.6 cm³/mol. The molecule has 0 fully saturated rings. The fraction of sp³-hybridized carbons (Fsp3) is 0.429. The minimum absolute atomic E-state index is 0.0206. The van der Waals surface area contributed by atoms with Gasteiger partial charge in [0.2, 0.25) is 11.8 Å². The second kappa shape index (κ2) is 6.00. The first kappa shape index (κ1) is 14.5. The van der Waals surface area contributed by atoms with E-state index in [0.29, 0.717) is 17.8 Å². The molecule has 1 heterocycles. The number of hydrogen-bond donors (Lipinski definition) is 3. The van der Waals surface area contributed by atoms with Crippen LogP contribution in [0.5, 0.6) is 0 Å². The molecule has 1 aromatic carbocycles. The fourth-order valence-electron chi connectivity index (χ4n) is 2.13. The molecule has 0 spiro atoms. The van der Waals surface area contributed by atoms with Gasteiger partial charge in [0.15, 0.2) is 0 Å². The van der Waals surface area contributed by atoms with Gasteiger partial charge < -0.3 is 15.7 Å². The highest BCUT2D eigenvalue weighted by atomic mass is 19.1. The zero-order valence-electron chi connectivity index (χ0n) is 11.1. The zero-order chi connectivity index (χ0) is 14.7. The molecule has 0 saturated heterocycles. The van der Waals surface area contributed by atoms with Crippen LogP contribution in [0.2, 0.25) is 0 Å². The molecular weight excluding hydrogens is 263 g/mol. The van der Waals surface area contributed by atoms with Gasteiger partial charge in [-0.15, -0.1) is 0 Å². The molecule has 5 nitrogen and oxygen atoms in total. The number of aliphatic hydroxyl groups is 1. The maximum atomic E-state index is 13.2. The lowest BCUT2D eigenvalue weighted by Gasteiger charge is -2.25. The number of amides is 2. The van der Waals surface area contributed by atoms with E-state index in [-0.39, 0.29) is 30.8 Å². The molecule has 1 aliphatic heterocycles. The Hall–Kier alpha value is -1.95. The van der Waals surface area contributed by atoms with Crippen LogP contribution in [-0.4, -0.2) is 30.1 Å².